The van der Waals surface area contributed by atoms with Crippen molar-refractivity contribution in [3.63, 3.8) is 0 Å². The third-order valence-corrected chi connectivity index (χ3v) is 4.67. The first kappa shape index (κ1) is 16.9. The van der Waals surface area contributed by atoms with E-state index in [2.05, 4.69) is 37.9 Å². The first-order valence-corrected chi connectivity index (χ1v) is 7.93. The van der Waals surface area contributed by atoms with Crippen molar-refractivity contribution >= 4 is 0 Å². The Morgan fingerprint density at radius 1 is 1.26 bits per heavy atom. The van der Waals surface area contributed by atoms with Crippen molar-refractivity contribution in [1.29, 1.82) is 0 Å². The Morgan fingerprint density at radius 3 is 2.53 bits per heavy atom. The molecule has 1 heterocycles. The van der Waals surface area contributed by atoms with E-state index >= 15 is 0 Å². The molecule has 0 unspecified atom stereocenters. The number of nitrogens with one attached hydrogen (secondary N) is 1. The third kappa shape index (κ3) is 5.41. The average Bonchev–Trinajstić information content (AvgIpc) is 2.59. The zero-order chi connectivity index (χ0) is 14.4. The number of hydrogen-bond donors (Lipinski definition) is 1. The first-order valence-electron chi connectivity index (χ1n) is 7.93. The molecule has 19 heavy (non-hydrogen) atoms. The summed E-state index contributed by atoms with van der Waals surface area (Å²) in [7, 11) is 1.80. The Morgan fingerprint density at radius 2 is 1.95 bits per heavy atom. The fraction of sp³-hybridized carbons (Fsp3) is 1.00. The highest BCUT2D eigenvalue weighted by Gasteiger charge is 2.32. The molecule has 0 radical (unpaired) electrons. The molecule has 1 fully saturated rings. The molecular formula is C16H34N2O. The highest BCUT2D eigenvalue weighted by molar-refractivity contribution is 4.92. The summed E-state index contributed by atoms with van der Waals surface area (Å²) >= 11 is 0. The number of hydrogen-bond acceptors (Lipinski definition) is 3. The Labute approximate surface area is 120 Å². The number of ether oxygens (including phenoxy) is 1. The van der Waals surface area contributed by atoms with Crippen molar-refractivity contribution in [2.75, 3.05) is 39.9 Å². The van der Waals surface area contributed by atoms with Crippen LogP contribution in [0.2, 0.25) is 0 Å². The molecule has 0 bridgehead atoms. The highest BCUT2D eigenvalue weighted by Crippen LogP contribution is 2.26. The number of nitrogens with zero attached hydrogens (tertiary/aromatic N) is 1. The van der Waals surface area contributed by atoms with Crippen LogP contribution in [0.3, 0.4) is 0 Å². The van der Waals surface area contributed by atoms with Crippen LogP contribution in [0.4, 0.5) is 0 Å². The van der Waals surface area contributed by atoms with E-state index in [1.165, 1.54) is 38.9 Å². The van der Waals surface area contributed by atoms with Gasteiger partial charge in [-0.3, -0.25) is 0 Å². The Bertz CT molecular complexity index is 249. The summed E-state index contributed by atoms with van der Waals surface area (Å²) in [4.78, 5) is 2.67. The molecule has 114 valence electrons. The van der Waals surface area contributed by atoms with Crippen molar-refractivity contribution < 1.29 is 4.74 Å². The van der Waals surface area contributed by atoms with E-state index in [1.54, 1.807) is 7.11 Å². The minimum absolute atomic E-state index is 0.327. The Balaban J connectivity index is 2.60. The standard InChI is InChI=1S/C16H34N2O/c1-6-16(7-2)14-18(11-8-10-17-16)13-15(3,4)9-12-19-5/h17H,6-14H2,1-5H3. The lowest BCUT2D eigenvalue weighted by atomic mass is 9.87. The smallest absolute Gasteiger partial charge is 0.0467 e. The second-order valence-corrected chi connectivity index (χ2v) is 6.89. The second-order valence-electron chi connectivity index (χ2n) is 6.89. The molecule has 3 heteroatoms. The van der Waals surface area contributed by atoms with Crippen molar-refractivity contribution in [2.45, 2.75) is 58.9 Å². The molecule has 1 saturated heterocycles. The molecule has 0 amide bonds. The molecule has 0 aromatic carbocycles. The van der Waals surface area contributed by atoms with E-state index in [-0.39, 0.29) is 0 Å². The molecule has 0 spiro atoms. The van der Waals surface area contributed by atoms with Crippen LogP contribution in [0, 0.1) is 5.41 Å². The molecule has 0 atom stereocenters. The molecule has 1 aliphatic rings. The lowest BCUT2D eigenvalue weighted by molar-refractivity contribution is 0.103. The molecule has 3 nitrogen and oxygen atoms in total. The van der Waals surface area contributed by atoms with Gasteiger partial charge in [-0.1, -0.05) is 27.7 Å². The third-order valence-electron chi connectivity index (χ3n) is 4.67. The maximum Gasteiger partial charge on any atom is 0.0467 e. The van der Waals surface area contributed by atoms with Gasteiger partial charge in [-0.05, 0) is 44.2 Å². The van der Waals surface area contributed by atoms with Gasteiger partial charge in [0.25, 0.3) is 0 Å². The van der Waals surface area contributed by atoms with Gasteiger partial charge in [-0.2, -0.15) is 0 Å². The van der Waals surface area contributed by atoms with Crippen LogP contribution >= 0.6 is 0 Å². The minimum atomic E-state index is 0.327. The monoisotopic (exact) mass is 270 g/mol. The van der Waals surface area contributed by atoms with E-state index in [0.29, 0.717) is 11.0 Å². The Hall–Kier alpha value is -0.120. The van der Waals surface area contributed by atoms with E-state index in [9.17, 15) is 0 Å². The second kappa shape index (κ2) is 7.61. The largest absolute Gasteiger partial charge is 0.385 e. The Kier molecular flexibility index (Phi) is 6.78. The van der Waals surface area contributed by atoms with Crippen LogP contribution in [0.1, 0.15) is 53.4 Å². The van der Waals surface area contributed by atoms with E-state index in [0.717, 1.165) is 19.6 Å². The van der Waals surface area contributed by atoms with Crippen molar-refractivity contribution in [3.05, 3.63) is 0 Å². The van der Waals surface area contributed by atoms with Gasteiger partial charge in [0.05, 0.1) is 0 Å². The zero-order valence-corrected chi connectivity index (χ0v) is 13.7. The molecule has 0 aromatic rings. The summed E-state index contributed by atoms with van der Waals surface area (Å²) in [5, 5.41) is 3.79. The fourth-order valence-electron chi connectivity index (χ4n) is 3.14. The SMILES string of the molecule is CCC1(CC)CN(CC(C)(C)CCOC)CCCN1. The van der Waals surface area contributed by atoms with Gasteiger partial charge in [-0.25, -0.2) is 0 Å². The van der Waals surface area contributed by atoms with Gasteiger partial charge in [0.15, 0.2) is 0 Å². The van der Waals surface area contributed by atoms with Gasteiger partial charge >= 0.3 is 0 Å². The van der Waals surface area contributed by atoms with Crippen LogP contribution in [-0.2, 0) is 4.74 Å². The maximum absolute atomic E-state index is 5.24. The number of methoxy groups -OCH3 is 1. The lowest BCUT2D eigenvalue weighted by Crippen LogP contribution is -2.51. The summed E-state index contributed by atoms with van der Waals surface area (Å²) in [5.74, 6) is 0. The van der Waals surface area contributed by atoms with Crippen LogP contribution in [0.15, 0.2) is 0 Å². The van der Waals surface area contributed by atoms with Gasteiger partial charge in [0, 0.05) is 32.3 Å². The minimum Gasteiger partial charge on any atom is -0.385 e. The van der Waals surface area contributed by atoms with Crippen molar-refractivity contribution in [3.8, 4) is 0 Å². The van der Waals surface area contributed by atoms with Gasteiger partial charge in [-0.15, -0.1) is 0 Å². The van der Waals surface area contributed by atoms with Crippen LogP contribution in [0.5, 0.6) is 0 Å². The highest BCUT2D eigenvalue weighted by atomic mass is 16.5. The van der Waals surface area contributed by atoms with Crippen LogP contribution < -0.4 is 5.32 Å². The first-order chi connectivity index (χ1) is 8.97. The number of rotatable bonds is 7. The van der Waals surface area contributed by atoms with Crippen molar-refractivity contribution in [1.82, 2.24) is 10.2 Å². The van der Waals surface area contributed by atoms with Crippen molar-refractivity contribution in [2.24, 2.45) is 5.41 Å². The van der Waals surface area contributed by atoms with Crippen LogP contribution in [-0.4, -0.2) is 50.3 Å². The summed E-state index contributed by atoms with van der Waals surface area (Å²) in [6.45, 7) is 15.0. The molecule has 1 rings (SSSR count). The summed E-state index contributed by atoms with van der Waals surface area (Å²) in [6, 6.07) is 0. The molecule has 1 N–H and O–H groups in total. The van der Waals surface area contributed by atoms with Crippen LogP contribution in [0.25, 0.3) is 0 Å². The van der Waals surface area contributed by atoms with Gasteiger partial charge in [0.1, 0.15) is 0 Å². The predicted octanol–water partition coefficient (Wildman–Crippen LogP) is 2.90. The lowest BCUT2D eigenvalue weighted by Gasteiger charge is -2.38. The normalized spacial score (nSPS) is 21.3. The van der Waals surface area contributed by atoms with E-state index < -0.39 is 0 Å². The van der Waals surface area contributed by atoms with E-state index in [1.807, 2.05) is 0 Å². The molecule has 0 aromatic heterocycles. The molecular weight excluding hydrogens is 236 g/mol. The predicted molar refractivity (Wildman–Crippen MR) is 82.6 cm³/mol. The summed E-state index contributed by atoms with van der Waals surface area (Å²) in [5.41, 5.74) is 0.668. The molecule has 0 saturated carbocycles. The fourth-order valence-corrected chi connectivity index (χ4v) is 3.14. The van der Waals surface area contributed by atoms with E-state index in [4.69, 9.17) is 4.74 Å². The topological polar surface area (TPSA) is 24.5 Å². The molecule has 1 aliphatic heterocycles. The average molecular weight is 270 g/mol. The quantitative estimate of drug-likeness (QED) is 0.770. The zero-order valence-electron chi connectivity index (χ0n) is 13.7. The van der Waals surface area contributed by atoms with Gasteiger partial charge < -0.3 is 15.0 Å². The van der Waals surface area contributed by atoms with Gasteiger partial charge in [0.2, 0.25) is 0 Å². The molecule has 0 aliphatic carbocycles. The summed E-state index contributed by atoms with van der Waals surface area (Å²) in [6.07, 6.45) is 4.85. The maximum atomic E-state index is 5.24. The summed E-state index contributed by atoms with van der Waals surface area (Å²) < 4.78 is 5.24.